The van der Waals surface area contributed by atoms with Crippen LogP contribution in [0.3, 0.4) is 0 Å². The molecule has 2 aromatic carbocycles. The molecule has 1 heterocycles. The van der Waals surface area contributed by atoms with Gasteiger partial charge in [0.25, 0.3) is 0 Å². The van der Waals surface area contributed by atoms with Crippen molar-refractivity contribution in [2.75, 3.05) is 6.54 Å². The predicted molar refractivity (Wildman–Crippen MR) is 122 cm³/mol. The number of benzene rings is 2. The fourth-order valence-corrected chi connectivity index (χ4v) is 4.35. The monoisotopic (exact) mass is 450 g/mol. The number of aromatic amines is 1. The lowest BCUT2D eigenvalue weighted by Crippen LogP contribution is -2.33. The van der Waals surface area contributed by atoms with E-state index in [4.69, 9.17) is 9.84 Å². The Morgan fingerprint density at radius 3 is 2.42 bits per heavy atom. The number of hydrogen-bond donors (Lipinski definition) is 4. The number of aliphatic hydroxyl groups is 1. The SMILES string of the molecule is O=C(O)CC(=O)Oc1ccc([C@@H](O)CNC2CCc3ccccc3CC2)c2ccc(=O)[nH]c12. The van der Waals surface area contributed by atoms with E-state index >= 15 is 0 Å². The number of pyridine rings is 1. The van der Waals surface area contributed by atoms with E-state index < -0.39 is 30.0 Å². The smallest absolute Gasteiger partial charge is 0.322 e. The van der Waals surface area contributed by atoms with Crippen molar-refractivity contribution in [3.05, 3.63) is 75.6 Å². The number of hydrogen-bond acceptors (Lipinski definition) is 6. The Kier molecular flexibility index (Phi) is 6.86. The first-order valence-corrected chi connectivity index (χ1v) is 11.0. The van der Waals surface area contributed by atoms with Crippen molar-refractivity contribution in [1.82, 2.24) is 10.3 Å². The van der Waals surface area contributed by atoms with Gasteiger partial charge in [0.1, 0.15) is 6.42 Å². The average Bonchev–Trinajstić information content (AvgIpc) is 2.99. The van der Waals surface area contributed by atoms with Gasteiger partial charge in [-0.3, -0.25) is 14.4 Å². The third kappa shape index (κ3) is 5.47. The summed E-state index contributed by atoms with van der Waals surface area (Å²) in [5.41, 5.74) is 3.17. The molecule has 0 saturated heterocycles. The van der Waals surface area contributed by atoms with Crippen LogP contribution >= 0.6 is 0 Å². The number of aryl methyl sites for hydroxylation is 2. The molecule has 1 aromatic heterocycles. The summed E-state index contributed by atoms with van der Waals surface area (Å²) in [7, 11) is 0. The van der Waals surface area contributed by atoms with E-state index in [1.807, 2.05) is 0 Å². The van der Waals surface area contributed by atoms with E-state index in [-0.39, 0.29) is 17.3 Å². The maximum atomic E-state index is 11.9. The summed E-state index contributed by atoms with van der Waals surface area (Å²) < 4.78 is 5.14. The Hall–Kier alpha value is -3.49. The lowest BCUT2D eigenvalue weighted by molar-refractivity contribution is -0.145. The van der Waals surface area contributed by atoms with Gasteiger partial charge in [0.05, 0.1) is 11.6 Å². The molecule has 0 amide bonds. The second kappa shape index (κ2) is 9.97. The van der Waals surface area contributed by atoms with Crippen LogP contribution in [-0.4, -0.2) is 39.7 Å². The molecule has 0 radical (unpaired) electrons. The molecule has 0 fully saturated rings. The minimum Gasteiger partial charge on any atom is -0.481 e. The van der Waals surface area contributed by atoms with Crippen molar-refractivity contribution >= 4 is 22.8 Å². The van der Waals surface area contributed by atoms with Crippen LogP contribution in [-0.2, 0) is 22.4 Å². The van der Waals surface area contributed by atoms with Gasteiger partial charge in [0.2, 0.25) is 5.56 Å². The van der Waals surface area contributed by atoms with E-state index in [1.54, 1.807) is 12.1 Å². The van der Waals surface area contributed by atoms with Crippen molar-refractivity contribution in [2.24, 2.45) is 0 Å². The molecule has 0 unspecified atom stereocenters. The molecule has 172 valence electrons. The van der Waals surface area contributed by atoms with E-state index in [0.717, 1.165) is 25.7 Å². The molecule has 1 atom stereocenters. The highest BCUT2D eigenvalue weighted by molar-refractivity contribution is 5.94. The van der Waals surface area contributed by atoms with Crippen molar-refractivity contribution in [3.8, 4) is 5.75 Å². The van der Waals surface area contributed by atoms with Gasteiger partial charge < -0.3 is 25.3 Å². The number of aliphatic hydroxyl groups excluding tert-OH is 1. The number of H-pyrrole nitrogens is 1. The zero-order valence-corrected chi connectivity index (χ0v) is 18.0. The molecule has 0 aliphatic heterocycles. The van der Waals surface area contributed by atoms with Crippen LogP contribution in [0.15, 0.2) is 53.3 Å². The summed E-state index contributed by atoms with van der Waals surface area (Å²) in [6, 6.07) is 14.7. The molecule has 4 rings (SSSR count). The van der Waals surface area contributed by atoms with Crippen molar-refractivity contribution in [2.45, 2.75) is 44.2 Å². The van der Waals surface area contributed by atoms with Crippen LogP contribution in [0.1, 0.15) is 42.1 Å². The van der Waals surface area contributed by atoms with Crippen molar-refractivity contribution in [1.29, 1.82) is 0 Å². The average molecular weight is 450 g/mol. The number of carboxylic acid groups (broad SMARTS) is 1. The Morgan fingerprint density at radius 1 is 1.06 bits per heavy atom. The van der Waals surface area contributed by atoms with Gasteiger partial charge in [-0.05, 0) is 54.5 Å². The van der Waals surface area contributed by atoms with Crippen LogP contribution in [0.5, 0.6) is 5.75 Å². The summed E-state index contributed by atoms with van der Waals surface area (Å²) in [5.74, 6) is -2.21. The molecule has 3 aromatic rings. The molecule has 33 heavy (non-hydrogen) atoms. The number of carbonyl (C=O) groups excluding carboxylic acids is 1. The van der Waals surface area contributed by atoms with Crippen LogP contribution in [0, 0.1) is 0 Å². The van der Waals surface area contributed by atoms with Gasteiger partial charge in [-0.15, -0.1) is 0 Å². The number of carboxylic acids is 1. The third-order valence-corrected chi connectivity index (χ3v) is 6.01. The fraction of sp³-hybridized carbons (Fsp3) is 0.320. The molecule has 4 N–H and O–H groups in total. The van der Waals surface area contributed by atoms with Crippen LogP contribution in [0.2, 0.25) is 0 Å². The van der Waals surface area contributed by atoms with Crippen LogP contribution in [0.25, 0.3) is 10.9 Å². The highest BCUT2D eigenvalue weighted by Crippen LogP contribution is 2.30. The maximum Gasteiger partial charge on any atom is 0.322 e. The lowest BCUT2D eigenvalue weighted by Gasteiger charge is -2.20. The first-order chi connectivity index (χ1) is 15.9. The normalized spacial score (nSPS) is 14.9. The molecule has 1 aliphatic carbocycles. The zero-order chi connectivity index (χ0) is 23.4. The van der Waals surface area contributed by atoms with Crippen molar-refractivity contribution < 1.29 is 24.5 Å². The number of aromatic nitrogens is 1. The minimum absolute atomic E-state index is 0.0411. The molecular formula is C25H26N2O6. The Labute approximate surface area is 190 Å². The van der Waals surface area contributed by atoms with E-state index in [0.29, 0.717) is 17.5 Å². The highest BCUT2D eigenvalue weighted by atomic mass is 16.5. The molecule has 0 bridgehead atoms. The Bertz CT molecular complexity index is 1210. The van der Waals surface area contributed by atoms with Crippen molar-refractivity contribution in [3.63, 3.8) is 0 Å². The predicted octanol–water partition coefficient (Wildman–Crippen LogP) is 2.48. The summed E-state index contributed by atoms with van der Waals surface area (Å²) >= 11 is 0. The number of nitrogens with one attached hydrogen (secondary N) is 2. The molecular weight excluding hydrogens is 424 g/mol. The summed E-state index contributed by atoms with van der Waals surface area (Å²) in [4.78, 5) is 37.1. The number of fused-ring (bicyclic) bond motifs is 2. The number of ether oxygens (including phenoxy) is 1. The summed E-state index contributed by atoms with van der Waals surface area (Å²) in [6.45, 7) is 0.327. The van der Waals surface area contributed by atoms with Gasteiger partial charge in [0.15, 0.2) is 5.75 Å². The van der Waals surface area contributed by atoms with E-state index in [2.05, 4.69) is 34.6 Å². The first kappa shape index (κ1) is 22.7. The first-order valence-electron chi connectivity index (χ1n) is 11.0. The number of rotatable bonds is 7. The largest absolute Gasteiger partial charge is 0.481 e. The third-order valence-electron chi connectivity index (χ3n) is 6.01. The van der Waals surface area contributed by atoms with Gasteiger partial charge in [-0.25, -0.2) is 0 Å². The topological polar surface area (TPSA) is 129 Å². The number of carbonyl (C=O) groups is 2. The molecule has 0 saturated carbocycles. The van der Waals surface area contributed by atoms with Gasteiger partial charge in [-0.1, -0.05) is 30.3 Å². The van der Waals surface area contributed by atoms with Crippen LogP contribution < -0.4 is 15.6 Å². The van der Waals surface area contributed by atoms with Gasteiger partial charge in [-0.2, -0.15) is 0 Å². The number of aliphatic carboxylic acids is 1. The highest BCUT2D eigenvalue weighted by Gasteiger charge is 2.20. The van der Waals surface area contributed by atoms with E-state index in [1.165, 1.54) is 23.3 Å². The second-order valence-electron chi connectivity index (χ2n) is 8.28. The molecule has 8 nitrogen and oxygen atoms in total. The van der Waals surface area contributed by atoms with Gasteiger partial charge >= 0.3 is 11.9 Å². The van der Waals surface area contributed by atoms with Gasteiger partial charge in [0, 0.05) is 24.0 Å². The standard InChI is InChI=1S/C25H26N2O6/c28-20(14-26-17-7-5-15-3-1-2-4-16(15)6-8-17)18-9-11-21(33-24(32)13-23(30)31)25-19(18)10-12-22(29)27-25/h1-4,9-12,17,20,26,28H,5-8,13-14H2,(H,27,29)(H,30,31)/t20-/m0/s1. The minimum atomic E-state index is -1.31. The Balaban J connectivity index is 1.48. The fourth-order valence-electron chi connectivity index (χ4n) is 4.35. The van der Waals surface area contributed by atoms with Crippen LogP contribution in [0.4, 0.5) is 0 Å². The zero-order valence-electron chi connectivity index (χ0n) is 18.0. The molecule has 8 heteroatoms. The maximum absolute atomic E-state index is 11.9. The van der Waals surface area contributed by atoms with E-state index in [9.17, 15) is 19.5 Å². The lowest BCUT2D eigenvalue weighted by atomic mass is 10.0. The second-order valence-corrected chi connectivity index (χ2v) is 8.28. The molecule has 0 spiro atoms. The Morgan fingerprint density at radius 2 is 1.76 bits per heavy atom. The number of esters is 1. The molecule has 1 aliphatic rings. The quantitative estimate of drug-likeness (QED) is 0.188. The summed E-state index contributed by atoms with van der Waals surface area (Å²) in [5, 5.41) is 23.7. The summed E-state index contributed by atoms with van der Waals surface area (Å²) in [6.07, 6.45) is 2.30.